The highest BCUT2D eigenvalue weighted by molar-refractivity contribution is 5.98. The molecule has 0 bridgehead atoms. The molecule has 5 nitrogen and oxygen atoms in total. The van der Waals surface area contributed by atoms with Crippen LogP contribution in [0.25, 0.3) is 0 Å². The molecule has 22 heavy (non-hydrogen) atoms. The number of rotatable bonds is 8. The fraction of sp³-hybridized carbons (Fsp3) is 0.294. The first-order valence-electron chi connectivity index (χ1n) is 7.27. The summed E-state index contributed by atoms with van der Waals surface area (Å²) < 4.78 is 10.5. The molecule has 0 amide bonds. The normalized spacial score (nSPS) is 10.2. The zero-order valence-electron chi connectivity index (χ0n) is 12.5. The maximum atomic E-state index is 11.9. The quantitative estimate of drug-likeness (QED) is 0.462. The smallest absolute Gasteiger partial charge is 0.338 e. The van der Waals surface area contributed by atoms with Gasteiger partial charge in [-0.3, -0.25) is 4.79 Å². The molecule has 0 radical (unpaired) electrons. The minimum atomic E-state index is -0.528. The van der Waals surface area contributed by atoms with Gasteiger partial charge in [-0.1, -0.05) is 13.3 Å². The first-order valence-corrected chi connectivity index (χ1v) is 7.27. The monoisotopic (exact) mass is 301 g/mol. The Bertz CT molecular complexity index is 602. The molecule has 0 fully saturated rings. The molecule has 0 spiro atoms. The van der Waals surface area contributed by atoms with E-state index in [1.807, 2.05) is 0 Å². The molecule has 1 heterocycles. The summed E-state index contributed by atoms with van der Waals surface area (Å²) in [4.78, 5) is 26.4. The van der Waals surface area contributed by atoms with Gasteiger partial charge in [0.1, 0.15) is 5.75 Å². The Morgan fingerprint density at radius 2 is 1.91 bits per heavy atom. The van der Waals surface area contributed by atoms with Crippen LogP contribution in [-0.2, 0) is 4.74 Å². The molecule has 0 aliphatic heterocycles. The van der Waals surface area contributed by atoms with Crippen molar-refractivity contribution in [3.63, 3.8) is 0 Å². The van der Waals surface area contributed by atoms with E-state index in [-0.39, 0.29) is 12.4 Å². The third-order valence-corrected chi connectivity index (χ3v) is 3.09. The van der Waals surface area contributed by atoms with Gasteiger partial charge in [-0.25, -0.2) is 4.79 Å². The molecule has 2 aromatic rings. The number of unbranched alkanes of at least 4 members (excludes halogenated alkanes) is 1. The molecule has 5 heteroatoms. The van der Waals surface area contributed by atoms with Gasteiger partial charge in [0.05, 0.1) is 17.9 Å². The average molecular weight is 301 g/mol. The summed E-state index contributed by atoms with van der Waals surface area (Å²) in [5.41, 5.74) is 0.814. The second kappa shape index (κ2) is 8.02. The van der Waals surface area contributed by atoms with Crippen LogP contribution < -0.4 is 4.74 Å². The molecule has 1 N–H and O–H groups in total. The number of Topliss-reactive ketones (excluding diaryl/α,β-unsaturated/α-hetero) is 1. The molecule has 0 atom stereocenters. The second-order valence-corrected chi connectivity index (χ2v) is 4.81. The van der Waals surface area contributed by atoms with Crippen molar-refractivity contribution in [1.29, 1.82) is 0 Å². The topological polar surface area (TPSA) is 68.4 Å². The van der Waals surface area contributed by atoms with Crippen molar-refractivity contribution in [1.82, 2.24) is 4.98 Å². The van der Waals surface area contributed by atoms with Crippen LogP contribution in [0.4, 0.5) is 0 Å². The van der Waals surface area contributed by atoms with Gasteiger partial charge in [-0.2, -0.15) is 0 Å². The third kappa shape index (κ3) is 4.48. The van der Waals surface area contributed by atoms with E-state index in [0.29, 0.717) is 23.6 Å². The average Bonchev–Trinajstić information content (AvgIpc) is 3.08. The van der Waals surface area contributed by atoms with E-state index in [9.17, 15) is 9.59 Å². The number of ether oxygens (including phenoxy) is 2. The summed E-state index contributed by atoms with van der Waals surface area (Å²) >= 11 is 0. The predicted octanol–water partition coefficient (Wildman–Crippen LogP) is 3.23. The Morgan fingerprint density at radius 3 is 2.55 bits per heavy atom. The van der Waals surface area contributed by atoms with Crippen LogP contribution in [0.2, 0.25) is 0 Å². The van der Waals surface area contributed by atoms with Crippen LogP contribution >= 0.6 is 0 Å². The van der Waals surface area contributed by atoms with Gasteiger partial charge in [0.25, 0.3) is 0 Å². The number of aromatic amines is 1. The van der Waals surface area contributed by atoms with Gasteiger partial charge in [-0.05, 0) is 42.8 Å². The van der Waals surface area contributed by atoms with Crippen molar-refractivity contribution >= 4 is 11.8 Å². The lowest BCUT2D eigenvalue weighted by molar-refractivity contribution is 0.0473. The van der Waals surface area contributed by atoms with Crippen molar-refractivity contribution < 1.29 is 19.1 Å². The molecule has 2 rings (SSSR count). The number of benzene rings is 1. The fourth-order valence-electron chi connectivity index (χ4n) is 1.82. The first kappa shape index (κ1) is 15.8. The molecule has 116 valence electrons. The lowest BCUT2D eigenvalue weighted by Gasteiger charge is -2.07. The van der Waals surface area contributed by atoms with Gasteiger partial charge >= 0.3 is 5.97 Å². The van der Waals surface area contributed by atoms with Gasteiger partial charge in [0.2, 0.25) is 5.78 Å². The van der Waals surface area contributed by atoms with Crippen molar-refractivity contribution in [2.24, 2.45) is 0 Å². The maximum absolute atomic E-state index is 11.9. The van der Waals surface area contributed by atoms with E-state index >= 15 is 0 Å². The Balaban J connectivity index is 1.83. The highest BCUT2D eigenvalue weighted by atomic mass is 16.5. The first-order chi connectivity index (χ1) is 10.7. The van der Waals surface area contributed by atoms with E-state index in [1.54, 1.807) is 42.6 Å². The fourth-order valence-corrected chi connectivity index (χ4v) is 1.82. The summed E-state index contributed by atoms with van der Waals surface area (Å²) in [6.07, 6.45) is 3.70. The van der Waals surface area contributed by atoms with E-state index in [4.69, 9.17) is 9.47 Å². The van der Waals surface area contributed by atoms with Crippen LogP contribution in [0.1, 0.15) is 40.6 Å². The van der Waals surface area contributed by atoms with Crippen molar-refractivity contribution in [2.45, 2.75) is 19.8 Å². The summed E-state index contributed by atoms with van der Waals surface area (Å²) in [5.74, 6) is -0.0784. The van der Waals surface area contributed by atoms with Crippen LogP contribution in [0.5, 0.6) is 5.75 Å². The number of H-pyrrole nitrogens is 1. The second-order valence-electron chi connectivity index (χ2n) is 4.81. The Kier molecular flexibility index (Phi) is 5.77. The number of aromatic nitrogens is 1. The number of hydrogen-bond acceptors (Lipinski definition) is 4. The lowest BCUT2D eigenvalue weighted by Crippen LogP contribution is -2.14. The third-order valence-electron chi connectivity index (χ3n) is 3.09. The zero-order chi connectivity index (χ0) is 15.8. The maximum Gasteiger partial charge on any atom is 0.338 e. The minimum Gasteiger partial charge on any atom is -0.494 e. The standard InChI is InChI=1S/C17H19NO4/c1-2-3-11-21-14-8-6-13(7-9-14)17(20)22-12-16(19)15-5-4-10-18-15/h4-10,18H,2-3,11-12H2,1H3. The molecular weight excluding hydrogens is 282 g/mol. The molecule has 0 saturated heterocycles. The molecule has 0 aliphatic carbocycles. The number of carbonyl (C=O) groups excluding carboxylic acids is 2. The number of nitrogens with one attached hydrogen (secondary N) is 1. The number of hydrogen-bond donors (Lipinski definition) is 1. The van der Waals surface area contributed by atoms with Crippen LogP contribution in [0.15, 0.2) is 42.6 Å². The molecule has 1 aromatic carbocycles. The Labute approximate surface area is 129 Å². The van der Waals surface area contributed by atoms with Crippen LogP contribution in [-0.4, -0.2) is 30.0 Å². The Hall–Kier alpha value is -2.56. The Morgan fingerprint density at radius 1 is 1.14 bits per heavy atom. The summed E-state index contributed by atoms with van der Waals surface area (Å²) in [5, 5.41) is 0. The highest BCUT2D eigenvalue weighted by Crippen LogP contribution is 2.13. The molecule has 1 aromatic heterocycles. The van der Waals surface area contributed by atoms with Crippen molar-refractivity contribution in [3.8, 4) is 5.75 Å². The summed E-state index contributed by atoms with van der Waals surface area (Å²) in [6.45, 7) is 2.47. The van der Waals surface area contributed by atoms with Crippen LogP contribution in [0, 0.1) is 0 Å². The molecule has 0 aliphatic rings. The van der Waals surface area contributed by atoms with Gasteiger partial charge < -0.3 is 14.5 Å². The van der Waals surface area contributed by atoms with E-state index in [0.717, 1.165) is 12.8 Å². The van der Waals surface area contributed by atoms with Gasteiger partial charge in [0.15, 0.2) is 6.61 Å². The largest absolute Gasteiger partial charge is 0.494 e. The lowest BCUT2D eigenvalue weighted by atomic mass is 10.2. The highest BCUT2D eigenvalue weighted by Gasteiger charge is 2.12. The SMILES string of the molecule is CCCCOc1ccc(C(=O)OCC(=O)c2ccc[nH]2)cc1. The molecule has 0 unspecified atom stereocenters. The minimum absolute atomic E-state index is 0.266. The molecule has 0 saturated carbocycles. The van der Waals surface area contributed by atoms with Crippen LogP contribution in [0.3, 0.4) is 0 Å². The number of ketones is 1. The zero-order valence-corrected chi connectivity index (χ0v) is 12.5. The summed E-state index contributed by atoms with van der Waals surface area (Å²) in [7, 11) is 0. The van der Waals surface area contributed by atoms with Crippen molar-refractivity contribution in [2.75, 3.05) is 13.2 Å². The van der Waals surface area contributed by atoms with E-state index in [2.05, 4.69) is 11.9 Å². The predicted molar refractivity (Wildman–Crippen MR) is 82.3 cm³/mol. The van der Waals surface area contributed by atoms with E-state index in [1.165, 1.54) is 0 Å². The molecular formula is C17H19NO4. The van der Waals surface area contributed by atoms with Crippen molar-refractivity contribution in [3.05, 3.63) is 53.9 Å². The number of carbonyl (C=O) groups is 2. The summed E-state index contributed by atoms with van der Waals surface area (Å²) in [6, 6.07) is 10.1. The van der Waals surface area contributed by atoms with E-state index < -0.39 is 5.97 Å². The van der Waals surface area contributed by atoms with Gasteiger partial charge in [-0.15, -0.1) is 0 Å². The number of esters is 1. The van der Waals surface area contributed by atoms with Gasteiger partial charge in [0, 0.05) is 6.20 Å².